The van der Waals surface area contributed by atoms with Crippen molar-refractivity contribution in [2.24, 2.45) is 0 Å². The zero-order valence-electron chi connectivity index (χ0n) is 11.5. The molecule has 102 valence electrons. The third-order valence-corrected chi connectivity index (χ3v) is 2.34. The number of carbonyl (C=O) groups is 2. The van der Waals surface area contributed by atoms with Gasteiger partial charge in [-0.05, 0) is 32.8 Å². The van der Waals surface area contributed by atoms with E-state index in [1.807, 2.05) is 26.8 Å². The molecule has 0 spiro atoms. The van der Waals surface area contributed by atoms with Crippen LogP contribution in [0, 0.1) is 0 Å². The topological polar surface area (TPSA) is 55.8 Å². The van der Waals surface area contributed by atoms with Crippen LogP contribution in [0.1, 0.15) is 34.1 Å². The zero-order valence-corrected chi connectivity index (χ0v) is 11.5. The van der Waals surface area contributed by atoms with Crippen LogP contribution in [0.25, 0.3) is 0 Å². The molecule has 1 aliphatic heterocycles. The van der Waals surface area contributed by atoms with E-state index >= 15 is 0 Å². The Balaban J connectivity index is 2.49. The molecule has 1 amide bonds. The number of carbonyl (C=O) groups excluding carboxylic acids is 2. The molecule has 0 fully saturated rings. The van der Waals surface area contributed by atoms with E-state index in [0.29, 0.717) is 13.1 Å². The minimum Gasteiger partial charge on any atom is -0.461 e. The Hall–Kier alpha value is -1.52. The average Bonchev–Trinajstić information content (AvgIpc) is 2.24. The van der Waals surface area contributed by atoms with Crippen LogP contribution in [0.5, 0.6) is 0 Å². The summed E-state index contributed by atoms with van der Waals surface area (Å²) in [5.41, 5.74) is 0.441. The van der Waals surface area contributed by atoms with Crippen molar-refractivity contribution < 1.29 is 19.1 Å². The highest BCUT2D eigenvalue weighted by Gasteiger charge is 2.24. The van der Waals surface area contributed by atoms with E-state index in [-0.39, 0.29) is 18.7 Å². The molecule has 0 radical (unpaired) electrons. The smallest absolute Gasteiger partial charge is 0.410 e. The lowest BCUT2D eigenvalue weighted by Gasteiger charge is -2.30. The van der Waals surface area contributed by atoms with Gasteiger partial charge in [-0.2, -0.15) is 0 Å². The van der Waals surface area contributed by atoms with Crippen LogP contribution in [0.15, 0.2) is 11.6 Å². The fourth-order valence-electron chi connectivity index (χ4n) is 1.59. The average molecular weight is 255 g/mol. The van der Waals surface area contributed by atoms with Gasteiger partial charge in [0.15, 0.2) is 0 Å². The molecule has 0 saturated carbocycles. The van der Waals surface area contributed by atoms with Gasteiger partial charge in [-0.1, -0.05) is 6.08 Å². The maximum absolute atomic E-state index is 11.9. The quantitative estimate of drug-likeness (QED) is 0.560. The zero-order chi connectivity index (χ0) is 13.8. The van der Waals surface area contributed by atoms with E-state index in [2.05, 4.69) is 0 Å². The lowest BCUT2D eigenvalue weighted by atomic mass is 10.1. The number of ether oxygens (including phenoxy) is 2. The molecule has 1 rings (SSSR count). The van der Waals surface area contributed by atoms with Crippen LogP contribution in [0.3, 0.4) is 0 Å². The molecule has 5 heteroatoms. The van der Waals surface area contributed by atoms with Crippen LogP contribution in [-0.4, -0.2) is 42.3 Å². The largest absolute Gasteiger partial charge is 0.461 e. The molecular formula is C13H21NO4. The van der Waals surface area contributed by atoms with Crippen molar-refractivity contribution in [3.05, 3.63) is 11.6 Å². The molecule has 0 aromatic heterocycles. The van der Waals surface area contributed by atoms with Gasteiger partial charge in [-0.25, -0.2) is 4.79 Å². The summed E-state index contributed by atoms with van der Waals surface area (Å²) in [6.45, 7) is 8.23. The Morgan fingerprint density at radius 2 is 2.06 bits per heavy atom. The van der Waals surface area contributed by atoms with Crippen molar-refractivity contribution in [3.63, 3.8) is 0 Å². The molecule has 0 N–H and O–H groups in total. The second-order valence-electron chi connectivity index (χ2n) is 5.33. The van der Waals surface area contributed by atoms with Gasteiger partial charge < -0.3 is 14.4 Å². The SMILES string of the molecule is CC(=O)OCC1=CCCN(C(=O)OC(C)(C)C)C1. The predicted molar refractivity (Wildman–Crippen MR) is 67.1 cm³/mol. The van der Waals surface area contributed by atoms with Crippen LogP contribution < -0.4 is 0 Å². The molecule has 0 unspecified atom stereocenters. The van der Waals surface area contributed by atoms with Gasteiger partial charge in [0.1, 0.15) is 12.2 Å². The Morgan fingerprint density at radius 3 is 2.61 bits per heavy atom. The molecule has 0 saturated heterocycles. The first kappa shape index (κ1) is 14.5. The molecular weight excluding hydrogens is 234 g/mol. The van der Waals surface area contributed by atoms with E-state index in [0.717, 1.165) is 12.0 Å². The fraction of sp³-hybridized carbons (Fsp3) is 0.692. The maximum atomic E-state index is 11.9. The third-order valence-electron chi connectivity index (χ3n) is 2.34. The lowest BCUT2D eigenvalue weighted by molar-refractivity contribution is -0.140. The van der Waals surface area contributed by atoms with Gasteiger partial charge in [-0.15, -0.1) is 0 Å². The number of esters is 1. The van der Waals surface area contributed by atoms with E-state index in [4.69, 9.17) is 9.47 Å². The molecule has 1 aliphatic rings. The fourth-order valence-corrected chi connectivity index (χ4v) is 1.59. The second-order valence-corrected chi connectivity index (χ2v) is 5.33. The summed E-state index contributed by atoms with van der Waals surface area (Å²) in [5, 5.41) is 0. The minimum absolute atomic E-state index is 0.245. The molecule has 0 atom stereocenters. The predicted octanol–water partition coefficient (Wildman–Crippen LogP) is 2.12. The van der Waals surface area contributed by atoms with E-state index < -0.39 is 5.60 Å². The monoisotopic (exact) mass is 255 g/mol. The first-order valence-corrected chi connectivity index (χ1v) is 6.07. The second kappa shape index (κ2) is 5.89. The molecule has 18 heavy (non-hydrogen) atoms. The van der Waals surface area contributed by atoms with Gasteiger partial charge in [0.05, 0.1) is 0 Å². The third kappa shape index (κ3) is 5.21. The summed E-state index contributed by atoms with van der Waals surface area (Å²) in [5.74, 6) is -0.315. The summed E-state index contributed by atoms with van der Waals surface area (Å²) < 4.78 is 10.2. The molecule has 0 aromatic rings. The standard InChI is InChI=1S/C13H21NO4/c1-10(15)17-9-11-6-5-7-14(8-11)12(16)18-13(2,3)4/h6H,5,7-9H2,1-4H3. The Kier molecular flexibility index (Phi) is 4.76. The van der Waals surface area contributed by atoms with Crippen LogP contribution in [-0.2, 0) is 14.3 Å². The first-order valence-electron chi connectivity index (χ1n) is 6.07. The van der Waals surface area contributed by atoms with Gasteiger partial charge in [0.2, 0.25) is 0 Å². The summed E-state index contributed by atoms with van der Waals surface area (Å²) in [6, 6.07) is 0. The summed E-state index contributed by atoms with van der Waals surface area (Å²) in [4.78, 5) is 24.2. The maximum Gasteiger partial charge on any atom is 0.410 e. The Bertz CT molecular complexity index is 354. The first-order chi connectivity index (χ1) is 8.28. The van der Waals surface area contributed by atoms with E-state index in [1.54, 1.807) is 4.90 Å². The molecule has 0 aromatic carbocycles. The van der Waals surface area contributed by atoms with Gasteiger partial charge in [-0.3, -0.25) is 4.79 Å². The van der Waals surface area contributed by atoms with Crippen LogP contribution >= 0.6 is 0 Å². The summed E-state index contributed by atoms with van der Waals surface area (Å²) in [7, 11) is 0. The number of rotatable bonds is 2. The molecule has 1 heterocycles. The van der Waals surface area contributed by atoms with Crippen molar-refractivity contribution in [2.75, 3.05) is 19.7 Å². The molecule has 0 aliphatic carbocycles. The van der Waals surface area contributed by atoms with Crippen molar-refractivity contribution in [2.45, 2.75) is 39.7 Å². The number of amides is 1. The number of nitrogens with zero attached hydrogens (tertiary/aromatic N) is 1. The van der Waals surface area contributed by atoms with Gasteiger partial charge in [0.25, 0.3) is 0 Å². The lowest BCUT2D eigenvalue weighted by Crippen LogP contribution is -2.40. The Morgan fingerprint density at radius 1 is 1.39 bits per heavy atom. The number of hydrogen-bond donors (Lipinski definition) is 0. The van der Waals surface area contributed by atoms with Gasteiger partial charge in [0, 0.05) is 20.0 Å². The molecule has 5 nitrogen and oxygen atoms in total. The minimum atomic E-state index is -0.492. The molecule has 0 bridgehead atoms. The van der Waals surface area contributed by atoms with Gasteiger partial charge >= 0.3 is 12.1 Å². The summed E-state index contributed by atoms with van der Waals surface area (Å²) in [6.07, 6.45) is 2.44. The van der Waals surface area contributed by atoms with Crippen LogP contribution in [0.2, 0.25) is 0 Å². The van der Waals surface area contributed by atoms with Crippen molar-refractivity contribution in [3.8, 4) is 0 Å². The van der Waals surface area contributed by atoms with E-state index in [9.17, 15) is 9.59 Å². The normalized spacial score (nSPS) is 16.0. The highest BCUT2D eigenvalue weighted by Crippen LogP contribution is 2.15. The highest BCUT2D eigenvalue weighted by molar-refractivity contribution is 5.69. The van der Waals surface area contributed by atoms with Crippen LogP contribution in [0.4, 0.5) is 4.79 Å². The van der Waals surface area contributed by atoms with Crippen molar-refractivity contribution in [1.29, 1.82) is 0 Å². The van der Waals surface area contributed by atoms with E-state index in [1.165, 1.54) is 6.92 Å². The Labute approximate surface area is 108 Å². The van der Waals surface area contributed by atoms with Crippen molar-refractivity contribution in [1.82, 2.24) is 4.90 Å². The number of hydrogen-bond acceptors (Lipinski definition) is 4. The van der Waals surface area contributed by atoms with Crippen molar-refractivity contribution >= 4 is 12.1 Å². The highest BCUT2D eigenvalue weighted by atomic mass is 16.6. The summed E-state index contributed by atoms with van der Waals surface area (Å²) >= 11 is 0.